The van der Waals surface area contributed by atoms with E-state index in [1.807, 2.05) is 18.2 Å². The van der Waals surface area contributed by atoms with Gasteiger partial charge in [-0.3, -0.25) is 0 Å². The highest BCUT2D eigenvalue weighted by molar-refractivity contribution is 5.58. The minimum atomic E-state index is -0.429. The van der Waals surface area contributed by atoms with E-state index in [1.54, 1.807) is 12.1 Å². The van der Waals surface area contributed by atoms with E-state index >= 15 is 0 Å². The molecule has 1 aromatic carbocycles. The minimum absolute atomic E-state index is 0.260. The van der Waals surface area contributed by atoms with Crippen LogP contribution in [0.4, 0.5) is 4.39 Å². The van der Waals surface area contributed by atoms with Crippen molar-refractivity contribution in [2.45, 2.75) is 0 Å². The third-order valence-electron chi connectivity index (χ3n) is 1.57. The van der Waals surface area contributed by atoms with Crippen molar-refractivity contribution < 1.29 is 8.91 Å². The number of benzene rings is 1. The summed E-state index contributed by atoms with van der Waals surface area (Å²) >= 11 is 0. The molecule has 0 N–H and O–H groups in total. The maximum Gasteiger partial charge on any atom is 0.190 e. The van der Waals surface area contributed by atoms with E-state index in [-0.39, 0.29) is 5.69 Å². The first kappa shape index (κ1) is 7.03. The second-order valence-corrected chi connectivity index (χ2v) is 2.38. The molecule has 0 saturated carbocycles. The molecule has 0 saturated heterocycles. The first-order valence-corrected chi connectivity index (χ1v) is 3.53. The molecule has 0 aliphatic rings. The van der Waals surface area contributed by atoms with Crippen molar-refractivity contribution in [1.82, 2.24) is 5.16 Å². The normalized spacial score (nSPS) is 10.1. The molecule has 1 heterocycles. The van der Waals surface area contributed by atoms with Crippen LogP contribution in [0, 0.1) is 5.82 Å². The van der Waals surface area contributed by atoms with Crippen LogP contribution in [0.2, 0.25) is 0 Å². The van der Waals surface area contributed by atoms with E-state index in [1.165, 1.54) is 0 Å². The molecule has 0 unspecified atom stereocenters. The summed E-state index contributed by atoms with van der Waals surface area (Å²) in [7, 11) is 0. The summed E-state index contributed by atoms with van der Waals surface area (Å²) in [5.41, 5.74) is 0.986. The number of aromatic nitrogens is 1. The van der Waals surface area contributed by atoms with E-state index in [0.29, 0.717) is 0 Å². The average molecular weight is 163 g/mol. The van der Waals surface area contributed by atoms with Crippen LogP contribution in [-0.4, -0.2) is 5.16 Å². The van der Waals surface area contributed by atoms with Crippen LogP contribution in [0.25, 0.3) is 11.3 Å². The summed E-state index contributed by atoms with van der Waals surface area (Å²) < 4.78 is 17.4. The van der Waals surface area contributed by atoms with Gasteiger partial charge in [-0.25, -0.2) is 4.39 Å². The molecule has 0 bridgehead atoms. The molecular weight excluding hydrogens is 157 g/mol. The van der Waals surface area contributed by atoms with Gasteiger partial charge in [-0.2, -0.15) is 0 Å². The van der Waals surface area contributed by atoms with Crippen LogP contribution in [0.5, 0.6) is 0 Å². The Labute approximate surface area is 68.6 Å². The molecule has 2 nitrogen and oxygen atoms in total. The first-order valence-electron chi connectivity index (χ1n) is 3.53. The molecule has 3 heteroatoms. The summed E-state index contributed by atoms with van der Waals surface area (Å²) in [5, 5.41) is 3.54. The molecule has 0 aliphatic carbocycles. The molecule has 12 heavy (non-hydrogen) atoms. The van der Waals surface area contributed by atoms with Gasteiger partial charge in [0.2, 0.25) is 0 Å². The highest BCUT2D eigenvalue weighted by atomic mass is 19.1. The van der Waals surface area contributed by atoms with Crippen molar-refractivity contribution >= 4 is 0 Å². The average Bonchev–Trinajstić information content (AvgIpc) is 2.53. The Balaban J connectivity index is 2.51. The zero-order valence-electron chi connectivity index (χ0n) is 6.20. The van der Waals surface area contributed by atoms with Crippen LogP contribution in [0.3, 0.4) is 0 Å². The van der Waals surface area contributed by atoms with Crippen molar-refractivity contribution in [3.05, 3.63) is 42.4 Å². The number of hydrogen-bond acceptors (Lipinski definition) is 2. The first-order chi connectivity index (χ1) is 5.88. The van der Waals surface area contributed by atoms with Gasteiger partial charge in [-0.1, -0.05) is 35.5 Å². The van der Waals surface area contributed by atoms with Crippen LogP contribution in [0.15, 0.2) is 41.1 Å². The number of nitrogens with zero attached hydrogens (tertiary/aromatic N) is 1. The molecular formula is C9H6FNO. The Morgan fingerprint density at radius 3 is 2.50 bits per heavy atom. The molecule has 0 amide bonds. The van der Waals surface area contributed by atoms with Gasteiger partial charge in [0.05, 0.1) is 0 Å². The third-order valence-corrected chi connectivity index (χ3v) is 1.57. The molecule has 60 valence electrons. The highest BCUT2D eigenvalue weighted by Gasteiger charge is 2.07. The summed E-state index contributed by atoms with van der Waals surface area (Å²) in [4.78, 5) is 0. The standard InChI is InChI=1S/C9H6FNO/c10-8-6-12-11-9(8)7-4-2-1-3-5-7/h1-6H. The number of halogens is 1. The van der Waals surface area contributed by atoms with Crippen molar-refractivity contribution in [1.29, 1.82) is 0 Å². The molecule has 0 atom stereocenters. The van der Waals surface area contributed by atoms with Crippen molar-refractivity contribution in [2.75, 3.05) is 0 Å². The summed E-state index contributed by atoms with van der Waals surface area (Å²) in [6, 6.07) is 9.07. The molecule has 0 fully saturated rings. The van der Waals surface area contributed by atoms with Crippen LogP contribution >= 0.6 is 0 Å². The third kappa shape index (κ3) is 1.09. The lowest BCUT2D eigenvalue weighted by atomic mass is 10.1. The Kier molecular flexibility index (Phi) is 1.63. The van der Waals surface area contributed by atoms with Gasteiger partial charge >= 0.3 is 0 Å². The fourth-order valence-electron chi connectivity index (χ4n) is 1.01. The Hall–Kier alpha value is -1.64. The van der Waals surface area contributed by atoms with Gasteiger partial charge in [-0.15, -0.1) is 0 Å². The predicted molar refractivity (Wildman–Crippen MR) is 41.9 cm³/mol. The monoisotopic (exact) mass is 163 g/mol. The van der Waals surface area contributed by atoms with Gasteiger partial charge in [0.15, 0.2) is 12.1 Å². The Morgan fingerprint density at radius 2 is 1.92 bits per heavy atom. The van der Waals surface area contributed by atoms with Crippen LogP contribution < -0.4 is 0 Å². The Bertz CT molecular complexity index is 369. The smallest absolute Gasteiger partial charge is 0.190 e. The molecule has 0 aliphatic heterocycles. The maximum atomic E-state index is 12.9. The molecule has 0 spiro atoms. The molecule has 2 rings (SSSR count). The van der Waals surface area contributed by atoms with E-state index in [9.17, 15) is 4.39 Å². The van der Waals surface area contributed by atoms with Gasteiger partial charge in [-0.05, 0) is 0 Å². The molecule has 1 aromatic heterocycles. The number of rotatable bonds is 1. The number of hydrogen-bond donors (Lipinski definition) is 0. The zero-order chi connectivity index (χ0) is 8.39. The quantitative estimate of drug-likeness (QED) is 0.645. The van der Waals surface area contributed by atoms with Crippen molar-refractivity contribution in [3.63, 3.8) is 0 Å². The fraction of sp³-hybridized carbons (Fsp3) is 0. The van der Waals surface area contributed by atoms with Crippen LogP contribution in [-0.2, 0) is 0 Å². The van der Waals surface area contributed by atoms with Crippen LogP contribution in [0.1, 0.15) is 0 Å². The van der Waals surface area contributed by atoms with Crippen molar-refractivity contribution in [3.8, 4) is 11.3 Å². The van der Waals surface area contributed by atoms with Gasteiger partial charge < -0.3 is 4.52 Å². The zero-order valence-corrected chi connectivity index (χ0v) is 6.20. The van der Waals surface area contributed by atoms with Crippen molar-refractivity contribution in [2.24, 2.45) is 0 Å². The lowest BCUT2D eigenvalue weighted by molar-refractivity contribution is 0.415. The largest absolute Gasteiger partial charge is 0.361 e. The topological polar surface area (TPSA) is 26.0 Å². The second kappa shape index (κ2) is 2.77. The summed E-state index contributed by atoms with van der Waals surface area (Å²) in [5.74, 6) is -0.429. The second-order valence-electron chi connectivity index (χ2n) is 2.38. The molecule has 2 aromatic rings. The van der Waals surface area contributed by atoms with E-state index < -0.39 is 5.82 Å². The lowest BCUT2D eigenvalue weighted by Gasteiger charge is -1.92. The summed E-state index contributed by atoms with van der Waals surface area (Å²) in [6.45, 7) is 0. The van der Waals surface area contributed by atoms with E-state index in [0.717, 1.165) is 11.8 Å². The predicted octanol–water partition coefficient (Wildman–Crippen LogP) is 2.48. The SMILES string of the molecule is Fc1conc1-c1ccccc1. The lowest BCUT2D eigenvalue weighted by Crippen LogP contribution is -1.78. The van der Waals surface area contributed by atoms with E-state index in [4.69, 9.17) is 0 Å². The summed E-state index contributed by atoms with van der Waals surface area (Å²) in [6.07, 6.45) is 0.988. The molecule has 0 radical (unpaired) electrons. The van der Waals surface area contributed by atoms with Gasteiger partial charge in [0.25, 0.3) is 0 Å². The van der Waals surface area contributed by atoms with Gasteiger partial charge in [0.1, 0.15) is 5.69 Å². The highest BCUT2D eigenvalue weighted by Crippen LogP contribution is 2.19. The minimum Gasteiger partial charge on any atom is -0.361 e. The Morgan fingerprint density at radius 1 is 1.17 bits per heavy atom. The van der Waals surface area contributed by atoms with E-state index in [2.05, 4.69) is 9.68 Å². The van der Waals surface area contributed by atoms with Gasteiger partial charge in [0, 0.05) is 5.56 Å². The fourth-order valence-corrected chi connectivity index (χ4v) is 1.01. The maximum absolute atomic E-state index is 12.9.